The number of nitrogens with one attached hydrogen (secondary N) is 1. The van der Waals surface area contributed by atoms with Gasteiger partial charge in [-0.15, -0.1) is 0 Å². The molecule has 0 aromatic carbocycles. The lowest BCUT2D eigenvalue weighted by atomic mass is 9.97. The molecule has 0 bridgehead atoms. The van der Waals surface area contributed by atoms with Crippen molar-refractivity contribution in [3.63, 3.8) is 0 Å². The molecule has 2 N–H and O–H groups in total. The number of methoxy groups -OCH3 is 1. The molecule has 0 aliphatic carbocycles. The Kier molecular flexibility index (Phi) is 5.57. The van der Waals surface area contributed by atoms with Crippen molar-refractivity contribution in [2.75, 3.05) is 25.6 Å². The summed E-state index contributed by atoms with van der Waals surface area (Å²) in [6, 6.07) is 4.72. The molecule has 1 saturated heterocycles. The maximum absolute atomic E-state index is 13.7. The van der Waals surface area contributed by atoms with Crippen LogP contribution in [0.4, 0.5) is 15.9 Å². The Balaban J connectivity index is 1.98. The van der Waals surface area contributed by atoms with E-state index in [1.807, 2.05) is 0 Å². The van der Waals surface area contributed by atoms with Gasteiger partial charge in [0.05, 0.1) is 37.3 Å². The Morgan fingerprint density at radius 3 is 3.07 bits per heavy atom. The fourth-order valence-electron chi connectivity index (χ4n) is 2.92. The molecule has 0 spiro atoms. The van der Waals surface area contributed by atoms with Crippen LogP contribution in [-0.2, 0) is 4.74 Å². The minimum Gasteiger partial charge on any atom is -0.507 e. The summed E-state index contributed by atoms with van der Waals surface area (Å²) in [5.41, 5.74) is 0.794. The zero-order valence-corrected chi connectivity index (χ0v) is 15.0. The van der Waals surface area contributed by atoms with Crippen LogP contribution < -0.4 is 10.1 Å². The molecule has 3 rings (SSSR count). The summed E-state index contributed by atoms with van der Waals surface area (Å²) in [5, 5.41) is 27.1. The summed E-state index contributed by atoms with van der Waals surface area (Å²) in [6.45, 7) is 2.57. The molecular formula is C18H20FN5O3. The van der Waals surface area contributed by atoms with Crippen molar-refractivity contribution < 1.29 is 19.0 Å². The van der Waals surface area contributed by atoms with Gasteiger partial charge in [0.1, 0.15) is 5.76 Å². The van der Waals surface area contributed by atoms with E-state index in [1.165, 1.54) is 25.3 Å². The standard InChI is InChI=1S/C18H20FN5O3/c1-3-15(25)13-9-24(14-10-27-5-4-11(14)8-20)23-18(13)21-12-6-16(19)22-17(7-12)26-2/h3,6-7,9,11,14,25H,4-5,10H2,1-2H3,(H,21,22,23)/b15-3+/t11?,14-/m0/s1. The zero-order chi connectivity index (χ0) is 19.4. The number of rotatable bonds is 5. The van der Waals surface area contributed by atoms with Crippen LogP contribution in [-0.4, -0.2) is 40.2 Å². The van der Waals surface area contributed by atoms with Gasteiger partial charge < -0.3 is 19.9 Å². The van der Waals surface area contributed by atoms with E-state index in [9.17, 15) is 14.8 Å². The Morgan fingerprint density at radius 2 is 2.37 bits per heavy atom. The first-order chi connectivity index (χ1) is 13.0. The number of aromatic nitrogens is 3. The van der Waals surface area contributed by atoms with Gasteiger partial charge in [0.2, 0.25) is 11.8 Å². The van der Waals surface area contributed by atoms with Gasteiger partial charge in [0.25, 0.3) is 0 Å². The number of aliphatic hydroxyl groups is 1. The van der Waals surface area contributed by atoms with Gasteiger partial charge in [0, 0.05) is 30.6 Å². The van der Waals surface area contributed by atoms with Gasteiger partial charge in [-0.05, 0) is 19.4 Å². The molecule has 2 aromatic rings. The predicted molar refractivity (Wildman–Crippen MR) is 96.1 cm³/mol. The summed E-state index contributed by atoms with van der Waals surface area (Å²) in [7, 11) is 1.39. The first kappa shape index (κ1) is 18.7. The third kappa shape index (κ3) is 4.01. The number of ether oxygens (including phenoxy) is 2. The van der Waals surface area contributed by atoms with Crippen LogP contribution in [0.25, 0.3) is 5.76 Å². The molecule has 0 amide bonds. The average Bonchev–Trinajstić information content (AvgIpc) is 3.10. The molecule has 142 valence electrons. The van der Waals surface area contributed by atoms with Gasteiger partial charge in [-0.3, -0.25) is 4.68 Å². The fourth-order valence-corrected chi connectivity index (χ4v) is 2.92. The van der Waals surface area contributed by atoms with Crippen molar-refractivity contribution in [2.45, 2.75) is 19.4 Å². The van der Waals surface area contributed by atoms with E-state index in [2.05, 4.69) is 21.5 Å². The highest BCUT2D eigenvalue weighted by Gasteiger charge is 2.29. The monoisotopic (exact) mass is 373 g/mol. The topological polar surface area (TPSA) is 105 Å². The van der Waals surface area contributed by atoms with Crippen LogP contribution in [0.2, 0.25) is 0 Å². The van der Waals surface area contributed by atoms with Crippen molar-refractivity contribution >= 4 is 17.3 Å². The summed E-state index contributed by atoms with van der Waals surface area (Å²) in [6.07, 6.45) is 3.79. The first-order valence-corrected chi connectivity index (χ1v) is 8.46. The maximum atomic E-state index is 13.7. The third-order valence-corrected chi connectivity index (χ3v) is 4.36. The normalized spacial score (nSPS) is 20.1. The zero-order valence-electron chi connectivity index (χ0n) is 15.0. The molecule has 2 aromatic heterocycles. The van der Waals surface area contributed by atoms with Crippen molar-refractivity contribution in [1.82, 2.24) is 14.8 Å². The number of pyridine rings is 1. The molecule has 1 aliphatic heterocycles. The average molecular weight is 373 g/mol. The molecule has 1 fully saturated rings. The summed E-state index contributed by atoms with van der Waals surface area (Å²) < 4.78 is 25.7. The van der Waals surface area contributed by atoms with E-state index in [-0.39, 0.29) is 23.6 Å². The van der Waals surface area contributed by atoms with Gasteiger partial charge >= 0.3 is 0 Å². The minimum atomic E-state index is -0.710. The van der Waals surface area contributed by atoms with E-state index in [0.717, 1.165) is 0 Å². The lowest BCUT2D eigenvalue weighted by molar-refractivity contribution is 0.0342. The smallest absolute Gasteiger partial charge is 0.218 e. The van der Waals surface area contributed by atoms with E-state index in [4.69, 9.17) is 9.47 Å². The van der Waals surface area contributed by atoms with Gasteiger partial charge in [-0.2, -0.15) is 19.7 Å². The van der Waals surface area contributed by atoms with E-state index < -0.39 is 5.95 Å². The maximum Gasteiger partial charge on any atom is 0.218 e. The SMILES string of the molecule is C/C=C(/O)c1cn([C@H]2COCCC2C#N)nc1Nc1cc(F)nc(OC)c1. The number of anilines is 2. The second kappa shape index (κ2) is 8.05. The van der Waals surface area contributed by atoms with E-state index in [0.29, 0.717) is 36.7 Å². The lowest BCUT2D eigenvalue weighted by Crippen LogP contribution is -2.29. The minimum absolute atomic E-state index is 0.00970. The number of nitriles is 1. The second-order valence-corrected chi connectivity index (χ2v) is 6.06. The largest absolute Gasteiger partial charge is 0.507 e. The molecule has 27 heavy (non-hydrogen) atoms. The van der Waals surface area contributed by atoms with Crippen LogP contribution in [0.1, 0.15) is 24.9 Å². The number of aliphatic hydroxyl groups excluding tert-OH is 1. The highest BCUT2D eigenvalue weighted by Crippen LogP contribution is 2.31. The summed E-state index contributed by atoms with van der Waals surface area (Å²) in [5.74, 6) is -0.515. The van der Waals surface area contributed by atoms with Gasteiger partial charge in [-0.1, -0.05) is 0 Å². The Bertz CT molecular complexity index is 890. The molecule has 3 heterocycles. The first-order valence-electron chi connectivity index (χ1n) is 8.46. The molecule has 0 radical (unpaired) electrons. The summed E-state index contributed by atoms with van der Waals surface area (Å²) >= 11 is 0. The summed E-state index contributed by atoms with van der Waals surface area (Å²) in [4.78, 5) is 3.60. The van der Waals surface area contributed by atoms with Gasteiger partial charge in [0.15, 0.2) is 5.82 Å². The second-order valence-electron chi connectivity index (χ2n) is 6.06. The lowest BCUT2D eigenvalue weighted by Gasteiger charge is -2.26. The molecule has 1 aliphatic rings. The van der Waals surface area contributed by atoms with E-state index >= 15 is 0 Å². The number of nitrogens with zero attached hydrogens (tertiary/aromatic N) is 4. The quantitative estimate of drug-likeness (QED) is 0.612. The number of halogens is 1. The molecular weight excluding hydrogens is 353 g/mol. The molecule has 1 unspecified atom stereocenters. The van der Waals surface area contributed by atoms with E-state index in [1.54, 1.807) is 17.8 Å². The Morgan fingerprint density at radius 1 is 1.56 bits per heavy atom. The van der Waals surface area contributed by atoms with Crippen molar-refractivity contribution in [3.8, 4) is 11.9 Å². The molecule has 2 atom stereocenters. The molecule has 0 saturated carbocycles. The number of hydrogen-bond acceptors (Lipinski definition) is 7. The molecule has 9 heteroatoms. The fraction of sp³-hybridized carbons (Fsp3) is 0.389. The number of allylic oxidation sites excluding steroid dienone is 1. The van der Waals surface area contributed by atoms with Crippen molar-refractivity contribution in [2.24, 2.45) is 5.92 Å². The van der Waals surface area contributed by atoms with Crippen LogP contribution in [0, 0.1) is 23.2 Å². The van der Waals surface area contributed by atoms with Crippen molar-refractivity contribution in [3.05, 3.63) is 35.9 Å². The van der Waals surface area contributed by atoms with Crippen LogP contribution in [0.15, 0.2) is 24.4 Å². The van der Waals surface area contributed by atoms with Crippen LogP contribution in [0.5, 0.6) is 5.88 Å². The Hall–Kier alpha value is -3.12. The highest BCUT2D eigenvalue weighted by molar-refractivity contribution is 5.72. The van der Waals surface area contributed by atoms with Crippen LogP contribution in [0.3, 0.4) is 0 Å². The Labute approximate surface area is 155 Å². The van der Waals surface area contributed by atoms with Crippen LogP contribution >= 0.6 is 0 Å². The molecule has 8 nitrogen and oxygen atoms in total. The predicted octanol–water partition coefficient (Wildman–Crippen LogP) is 3.19. The third-order valence-electron chi connectivity index (χ3n) is 4.36. The highest BCUT2D eigenvalue weighted by atomic mass is 19.1. The van der Waals surface area contributed by atoms with Gasteiger partial charge in [-0.25, -0.2) is 0 Å². The van der Waals surface area contributed by atoms with Crippen molar-refractivity contribution in [1.29, 1.82) is 5.26 Å². The number of hydrogen-bond donors (Lipinski definition) is 2.